The number of hydrogen-bond donors (Lipinski definition) is 2. The van der Waals surface area contributed by atoms with Crippen LogP contribution in [0.15, 0.2) is 18.2 Å². The Labute approximate surface area is 88.9 Å². The third kappa shape index (κ3) is 3.39. The average molecular weight is 206 g/mol. The quantitative estimate of drug-likeness (QED) is 0.439. The van der Waals surface area contributed by atoms with Crippen LogP contribution in [-0.2, 0) is 0 Å². The van der Waals surface area contributed by atoms with Gasteiger partial charge in [0.1, 0.15) is 17.2 Å². The van der Waals surface area contributed by atoms with Crippen molar-refractivity contribution in [3.63, 3.8) is 0 Å². The number of nitrogens with two attached hydrogens (primary N) is 1. The number of para-hydroxylation sites is 1. The number of hydrogen-bond acceptors (Lipinski definition) is 4. The summed E-state index contributed by atoms with van der Waals surface area (Å²) in [5, 5.41) is 17.6. The average Bonchev–Trinajstić information content (AvgIpc) is 2.24. The van der Waals surface area contributed by atoms with Crippen molar-refractivity contribution < 1.29 is 9.84 Å². The molecule has 4 heteroatoms. The van der Waals surface area contributed by atoms with Crippen molar-refractivity contribution in [3.8, 4) is 17.6 Å². The molecule has 3 N–H and O–H groups in total. The molecule has 0 aliphatic heterocycles. The summed E-state index contributed by atoms with van der Waals surface area (Å²) in [5.74, 6) is 0.525. The first-order chi connectivity index (χ1) is 7.25. The highest BCUT2D eigenvalue weighted by molar-refractivity contribution is 5.61. The number of benzene rings is 1. The molecule has 1 aromatic rings. The van der Waals surface area contributed by atoms with Crippen LogP contribution in [0.4, 0.5) is 5.69 Å². The third-order valence-corrected chi connectivity index (χ3v) is 1.98. The molecule has 0 radical (unpaired) electrons. The predicted octanol–water partition coefficient (Wildman–Crippen LogP) is 2.05. The van der Waals surface area contributed by atoms with Crippen LogP contribution in [-0.4, -0.2) is 11.7 Å². The van der Waals surface area contributed by atoms with Crippen molar-refractivity contribution in [3.05, 3.63) is 18.2 Å². The second-order valence-electron chi connectivity index (χ2n) is 3.15. The molecule has 0 amide bonds. The first-order valence-corrected chi connectivity index (χ1v) is 4.83. The van der Waals surface area contributed by atoms with Crippen LogP contribution < -0.4 is 10.5 Å². The molecule has 1 aromatic carbocycles. The second kappa shape index (κ2) is 5.76. The number of nitrogen functional groups attached to an aromatic ring is 1. The maximum atomic E-state index is 9.29. The van der Waals surface area contributed by atoms with Gasteiger partial charge in [0.05, 0.1) is 12.7 Å². The van der Waals surface area contributed by atoms with Crippen LogP contribution in [0.25, 0.3) is 0 Å². The highest BCUT2D eigenvalue weighted by Crippen LogP contribution is 2.29. The molecule has 0 saturated heterocycles. The van der Waals surface area contributed by atoms with Crippen molar-refractivity contribution in [2.75, 3.05) is 12.3 Å². The van der Waals surface area contributed by atoms with Crippen molar-refractivity contribution in [2.45, 2.75) is 19.3 Å². The lowest BCUT2D eigenvalue weighted by atomic mass is 10.2. The Morgan fingerprint density at radius 3 is 2.93 bits per heavy atom. The number of phenols is 1. The van der Waals surface area contributed by atoms with Crippen molar-refractivity contribution in [2.24, 2.45) is 0 Å². The van der Waals surface area contributed by atoms with E-state index in [9.17, 15) is 5.11 Å². The van der Waals surface area contributed by atoms with Crippen LogP contribution in [0, 0.1) is 11.3 Å². The number of ether oxygens (including phenoxy) is 1. The highest BCUT2D eigenvalue weighted by Gasteiger charge is 2.03. The van der Waals surface area contributed by atoms with Gasteiger partial charge in [0.2, 0.25) is 0 Å². The van der Waals surface area contributed by atoms with E-state index in [4.69, 9.17) is 15.7 Å². The van der Waals surface area contributed by atoms with E-state index in [0.717, 1.165) is 12.8 Å². The van der Waals surface area contributed by atoms with Crippen molar-refractivity contribution >= 4 is 5.69 Å². The van der Waals surface area contributed by atoms with Gasteiger partial charge in [-0.3, -0.25) is 0 Å². The zero-order chi connectivity index (χ0) is 11.1. The van der Waals surface area contributed by atoms with Gasteiger partial charge in [0.15, 0.2) is 0 Å². The summed E-state index contributed by atoms with van der Waals surface area (Å²) in [6.45, 7) is 0.509. The Bertz CT molecular complexity index is 358. The molecule has 0 bridgehead atoms. The summed E-state index contributed by atoms with van der Waals surface area (Å²) < 4.78 is 5.37. The molecule has 4 nitrogen and oxygen atoms in total. The van der Waals surface area contributed by atoms with E-state index in [1.807, 2.05) is 0 Å². The lowest BCUT2D eigenvalue weighted by Crippen LogP contribution is -2.00. The smallest absolute Gasteiger partial charge is 0.145 e. The number of unbranched alkanes of at least 4 members (excludes halogenated alkanes) is 2. The fourth-order valence-corrected chi connectivity index (χ4v) is 1.15. The van der Waals surface area contributed by atoms with Crippen LogP contribution in [0.2, 0.25) is 0 Å². The molecule has 0 aromatic heterocycles. The van der Waals surface area contributed by atoms with E-state index >= 15 is 0 Å². The molecule has 15 heavy (non-hydrogen) atoms. The van der Waals surface area contributed by atoms with Gasteiger partial charge in [-0.1, -0.05) is 6.07 Å². The Hall–Kier alpha value is -1.89. The van der Waals surface area contributed by atoms with Gasteiger partial charge >= 0.3 is 0 Å². The number of aromatic hydroxyl groups is 1. The van der Waals surface area contributed by atoms with Crippen LogP contribution in [0.5, 0.6) is 11.5 Å². The zero-order valence-electron chi connectivity index (χ0n) is 8.44. The largest absolute Gasteiger partial charge is 0.506 e. The maximum absolute atomic E-state index is 9.29. The third-order valence-electron chi connectivity index (χ3n) is 1.98. The molecule has 0 aliphatic rings. The van der Waals surface area contributed by atoms with Crippen molar-refractivity contribution in [1.29, 1.82) is 5.26 Å². The number of nitriles is 1. The number of anilines is 1. The van der Waals surface area contributed by atoms with Crippen LogP contribution >= 0.6 is 0 Å². The van der Waals surface area contributed by atoms with Gasteiger partial charge in [0, 0.05) is 6.42 Å². The standard InChI is InChI=1S/C11H14N2O2/c12-7-2-1-3-8-15-10-6-4-5-9(14)11(10)13/h4-6,14H,1-3,8,13H2. The molecule has 0 aliphatic carbocycles. The van der Waals surface area contributed by atoms with Gasteiger partial charge in [0.25, 0.3) is 0 Å². The molecule has 0 heterocycles. The monoisotopic (exact) mass is 206 g/mol. The normalized spacial score (nSPS) is 9.53. The number of rotatable bonds is 5. The van der Waals surface area contributed by atoms with E-state index < -0.39 is 0 Å². The van der Waals surface area contributed by atoms with E-state index in [1.165, 1.54) is 6.07 Å². The summed E-state index contributed by atoms with van der Waals surface area (Å²) in [6.07, 6.45) is 2.16. The molecule has 0 saturated carbocycles. The number of phenolic OH excluding ortho intramolecular Hbond substituents is 1. The fourth-order valence-electron chi connectivity index (χ4n) is 1.15. The van der Waals surface area contributed by atoms with Crippen molar-refractivity contribution in [1.82, 2.24) is 0 Å². The van der Waals surface area contributed by atoms with E-state index in [0.29, 0.717) is 18.8 Å². The zero-order valence-corrected chi connectivity index (χ0v) is 8.44. The van der Waals surface area contributed by atoms with Gasteiger partial charge in [-0.15, -0.1) is 0 Å². The Morgan fingerprint density at radius 2 is 2.20 bits per heavy atom. The Kier molecular flexibility index (Phi) is 4.30. The van der Waals surface area contributed by atoms with Gasteiger partial charge in [-0.25, -0.2) is 0 Å². The summed E-state index contributed by atoms with van der Waals surface area (Å²) in [5.41, 5.74) is 5.86. The minimum atomic E-state index is 0.0320. The second-order valence-corrected chi connectivity index (χ2v) is 3.15. The summed E-state index contributed by atoms with van der Waals surface area (Å²) in [4.78, 5) is 0. The minimum Gasteiger partial charge on any atom is -0.506 e. The summed E-state index contributed by atoms with van der Waals surface area (Å²) in [6, 6.07) is 6.96. The lowest BCUT2D eigenvalue weighted by Gasteiger charge is -2.08. The molecule has 0 spiro atoms. The highest BCUT2D eigenvalue weighted by atomic mass is 16.5. The minimum absolute atomic E-state index is 0.0320. The molecule has 0 unspecified atom stereocenters. The maximum Gasteiger partial charge on any atom is 0.145 e. The molecule has 0 fully saturated rings. The first kappa shape index (κ1) is 11.2. The molecule has 1 rings (SSSR count). The fraction of sp³-hybridized carbons (Fsp3) is 0.364. The number of nitrogens with zero attached hydrogens (tertiary/aromatic N) is 1. The Balaban J connectivity index is 2.38. The summed E-state index contributed by atoms with van der Waals surface area (Å²) in [7, 11) is 0. The predicted molar refractivity (Wildman–Crippen MR) is 57.5 cm³/mol. The van der Waals surface area contributed by atoms with Gasteiger partial charge in [-0.05, 0) is 25.0 Å². The first-order valence-electron chi connectivity index (χ1n) is 4.83. The summed E-state index contributed by atoms with van der Waals surface area (Å²) >= 11 is 0. The SMILES string of the molecule is N#CCCCCOc1cccc(O)c1N. The van der Waals surface area contributed by atoms with E-state index in [-0.39, 0.29) is 11.4 Å². The van der Waals surface area contributed by atoms with Gasteiger partial charge < -0.3 is 15.6 Å². The van der Waals surface area contributed by atoms with Crippen LogP contribution in [0.3, 0.4) is 0 Å². The van der Waals surface area contributed by atoms with Gasteiger partial charge in [-0.2, -0.15) is 5.26 Å². The van der Waals surface area contributed by atoms with Crippen LogP contribution in [0.1, 0.15) is 19.3 Å². The molecule has 80 valence electrons. The Morgan fingerprint density at radius 1 is 1.40 bits per heavy atom. The molecule has 0 atom stereocenters. The van der Waals surface area contributed by atoms with E-state index in [1.54, 1.807) is 12.1 Å². The van der Waals surface area contributed by atoms with E-state index in [2.05, 4.69) is 6.07 Å². The lowest BCUT2D eigenvalue weighted by molar-refractivity contribution is 0.308. The molecular weight excluding hydrogens is 192 g/mol. The molecular formula is C11H14N2O2. The topological polar surface area (TPSA) is 79.3 Å².